The molecule has 1 N–H and O–H groups in total. The van der Waals surface area contributed by atoms with Crippen LogP contribution in [0.4, 0.5) is 10.1 Å². The Hall–Kier alpha value is -1.83. The summed E-state index contributed by atoms with van der Waals surface area (Å²) in [4.78, 5) is 0. The maximum atomic E-state index is 12.9. The zero-order valence-electron chi connectivity index (χ0n) is 12.6. The minimum Gasteiger partial charge on any atom is -0.382 e. The summed E-state index contributed by atoms with van der Waals surface area (Å²) < 4.78 is 12.9. The van der Waals surface area contributed by atoms with Crippen molar-refractivity contribution in [1.29, 1.82) is 0 Å². The van der Waals surface area contributed by atoms with Crippen molar-refractivity contribution < 1.29 is 4.39 Å². The molecule has 0 aromatic heterocycles. The van der Waals surface area contributed by atoms with Crippen LogP contribution in [-0.2, 0) is 0 Å². The molecule has 0 heterocycles. The third kappa shape index (κ3) is 3.10. The molecule has 0 amide bonds. The molecule has 0 saturated heterocycles. The van der Waals surface area contributed by atoms with Gasteiger partial charge >= 0.3 is 0 Å². The zero-order valence-corrected chi connectivity index (χ0v) is 12.6. The van der Waals surface area contributed by atoms with E-state index in [2.05, 4.69) is 43.4 Å². The van der Waals surface area contributed by atoms with Crippen molar-refractivity contribution >= 4 is 5.69 Å². The van der Waals surface area contributed by atoms with Gasteiger partial charge in [-0.1, -0.05) is 44.2 Å². The van der Waals surface area contributed by atoms with Crippen LogP contribution in [0.15, 0.2) is 48.5 Å². The maximum absolute atomic E-state index is 12.9. The van der Waals surface area contributed by atoms with Crippen LogP contribution in [0.2, 0.25) is 0 Å². The Labute approximate surface area is 126 Å². The highest BCUT2D eigenvalue weighted by atomic mass is 19.1. The van der Waals surface area contributed by atoms with E-state index >= 15 is 0 Å². The van der Waals surface area contributed by atoms with E-state index in [9.17, 15) is 4.39 Å². The first-order chi connectivity index (χ1) is 10.1. The highest BCUT2D eigenvalue weighted by Gasteiger charge is 2.30. The van der Waals surface area contributed by atoms with Gasteiger partial charge in [-0.3, -0.25) is 0 Å². The Kier molecular flexibility index (Phi) is 3.96. The molecular weight excluding hydrogens is 261 g/mol. The predicted molar refractivity (Wildman–Crippen MR) is 86.3 cm³/mol. The molecule has 21 heavy (non-hydrogen) atoms. The molecule has 0 radical (unpaired) electrons. The maximum Gasteiger partial charge on any atom is 0.123 e. The van der Waals surface area contributed by atoms with E-state index in [0.29, 0.717) is 17.9 Å². The van der Waals surface area contributed by atoms with Gasteiger partial charge in [-0.2, -0.15) is 0 Å². The van der Waals surface area contributed by atoms with Crippen LogP contribution in [0.5, 0.6) is 0 Å². The van der Waals surface area contributed by atoms with Gasteiger partial charge in [0.05, 0.1) is 0 Å². The van der Waals surface area contributed by atoms with Gasteiger partial charge < -0.3 is 5.32 Å². The molecular formula is C19H22FN. The normalized spacial score (nSPS) is 21.1. The van der Waals surface area contributed by atoms with Crippen LogP contribution < -0.4 is 5.32 Å². The van der Waals surface area contributed by atoms with Crippen molar-refractivity contribution in [2.45, 2.75) is 44.6 Å². The Balaban J connectivity index is 1.61. The smallest absolute Gasteiger partial charge is 0.123 e. The summed E-state index contributed by atoms with van der Waals surface area (Å²) in [5, 5.41) is 3.67. The third-order valence-corrected chi connectivity index (χ3v) is 4.42. The standard InChI is InChI=1S/C19H22FN/c1-13(2)18-5-3-4-6-19(18)21-17-11-15(12-17)14-7-9-16(20)10-8-14/h3-10,13,15,17,21H,11-12H2,1-2H3. The Morgan fingerprint density at radius 1 is 1.00 bits per heavy atom. The number of rotatable bonds is 4. The first-order valence-electron chi connectivity index (χ1n) is 7.74. The van der Waals surface area contributed by atoms with Crippen LogP contribution in [0.1, 0.15) is 49.7 Å². The SMILES string of the molecule is CC(C)c1ccccc1NC1CC(c2ccc(F)cc2)C1. The average Bonchev–Trinajstić information content (AvgIpc) is 2.44. The summed E-state index contributed by atoms with van der Waals surface area (Å²) in [6.45, 7) is 4.45. The molecule has 1 saturated carbocycles. The zero-order chi connectivity index (χ0) is 14.8. The summed E-state index contributed by atoms with van der Waals surface area (Å²) in [6, 6.07) is 16.0. The van der Waals surface area contributed by atoms with Crippen LogP contribution in [0.3, 0.4) is 0 Å². The molecule has 1 nitrogen and oxygen atoms in total. The monoisotopic (exact) mass is 283 g/mol. The first kappa shape index (κ1) is 14.1. The van der Waals surface area contributed by atoms with Gasteiger partial charge in [-0.25, -0.2) is 4.39 Å². The van der Waals surface area contributed by atoms with E-state index in [1.165, 1.54) is 16.8 Å². The van der Waals surface area contributed by atoms with Crippen molar-refractivity contribution in [3.63, 3.8) is 0 Å². The van der Waals surface area contributed by atoms with E-state index in [1.54, 1.807) is 12.1 Å². The summed E-state index contributed by atoms with van der Waals surface area (Å²) in [6.07, 6.45) is 2.25. The van der Waals surface area contributed by atoms with Crippen LogP contribution in [0.25, 0.3) is 0 Å². The summed E-state index contributed by atoms with van der Waals surface area (Å²) in [5.74, 6) is 0.939. The molecule has 3 rings (SSSR count). The molecule has 0 bridgehead atoms. The van der Waals surface area contributed by atoms with Gasteiger partial charge in [0.15, 0.2) is 0 Å². The second-order valence-corrected chi connectivity index (χ2v) is 6.30. The fraction of sp³-hybridized carbons (Fsp3) is 0.368. The van der Waals surface area contributed by atoms with Gasteiger partial charge in [0.1, 0.15) is 5.82 Å². The fourth-order valence-electron chi connectivity index (χ4n) is 3.09. The van der Waals surface area contributed by atoms with Crippen molar-refractivity contribution in [2.75, 3.05) is 5.32 Å². The van der Waals surface area contributed by atoms with E-state index in [4.69, 9.17) is 0 Å². The lowest BCUT2D eigenvalue weighted by Gasteiger charge is -2.37. The number of halogens is 1. The Morgan fingerprint density at radius 3 is 2.33 bits per heavy atom. The summed E-state index contributed by atoms with van der Waals surface area (Å²) in [7, 11) is 0. The van der Waals surface area contributed by atoms with Gasteiger partial charge in [0.2, 0.25) is 0 Å². The molecule has 1 aliphatic carbocycles. The van der Waals surface area contributed by atoms with Crippen molar-refractivity contribution in [3.8, 4) is 0 Å². The largest absolute Gasteiger partial charge is 0.382 e. The fourth-order valence-corrected chi connectivity index (χ4v) is 3.09. The molecule has 0 spiro atoms. The summed E-state index contributed by atoms with van der Waals surface area (Å²) in [5.41, 5.74) is 3.89. The van der Waals surface area contributed by atoms with Crippen LogP contribution in [0, 0.1) is 5.82 Å². The topological polar surface area (TPSA) is 12.0 Å². The van der Waals surface area contributed by atoms with Crippen molar-refractivity contribution in [1.82, 2.24) is 0 Å². The summed E-state index contributed by atoms with van der Waals surface area (Å²) >= 11 is 0. The highest BCUT2D eigenvalue weighted by Crippen LogP contribution is 2.39. The van der Waals surface area contributed by atoms with Crippen molar-refractivity contribution in [3.05, 3.63) is 65.5 Å². The number of nitrogens with one attached hydrogen (secondary N) is 1. The van der Waals surface area contributed by atoms with E-state index in [0.717, 1.165) is 12.8 Å². The molecule has 1 aliphatic rings. The number of anilines is 1. The number of hydrogen-bond donors (Lipinski definition) is 1. The van der Waals surface area contributed by atoms with Gasteiger partial charge in [0, 0.05) is 11.7 Å². The molecule has 1 fully saturated rings. The minimum atomic E-state index is -0.154. The lowest BCUT2D eigenvalue weighted by molar-refractivity contribution is 0.373. The third-order valence-electron chi connectivity index (χ3n) is 4.42. The van der Waals surface area contributed by atoms with Crippen molar-refractivity contribution in [2.24, 2.45) is 0 Å². The molecule has 0 aliphatic heterocycles. The van der Waals surface area contributed by atoms with Crippen LogP contribution >= 0.6 is 0 Å². The lowest BCUT2D eigenvalue weighted by atomic mass is 9.75. The quantitative estimate of drug-likeness (QED) is 0.802. The average molecular weight is 283 g/mol. The Morgan fingerprint density at radius 2 is 1.67 bits per heavy atom. The predicted octanol–water partition coefficient (Wildman–Crippen LogP) is 5.31. The first-order valence-corrected chi connectivity index (χ1v) is 7.74. The molecule has 2 aromatic rings. The van der Waals surface area contributed by atoms with Gasteiger partial charge in [0.25, 0.3) is 0 Å². The lowest BCUT2D eigenvalue weighted by Crippen LogP contribution is -2.34. The van der Waals surface area contributed by atoms with Gasteiger partial charge in [-0.05, 0) is 54.0 Å². The molecule has 110 valence electrons. The number of para-hydroxylation sites is 1. The molecule has 2 aromatic carbocycles. The second-order valence-electron chi connectivity index (χ2n) is 6.30. The van der Waals surface area contributed by atoms with Gasteiger partial charge in [-0.15, -0.1) is 0 Å². The molecule has 0 unspecified atom stereocenters. The minimum absolute atomic E-state index is 0.154. The molecule has 0 atom stereocenters. The van der Waals surface area contributed by atoms with E-state index in [1.807, 2.05) is 12.1 Å². The van der Waals surface area contributed by atoms with Crippen LogP contribution in [-0.4, -0.2) is 6.04 Å². The van der Waals surface area contributed by atoms with E-state index in [-0.39, 0.29) is 5.82 Å². The molecule has 2 heteroatoms. The highest BCUT2D eigenvalue weighted by molar-refractivity contribution is 5.53. The second kappa shape index (κ2) is 5.88. The Bertz CT molecular complexity index is 597. The number of benzene rings is 2. The van der Waals surface area contributed by atoms with E-state index < -0.39 is 0 Å². The number of hydrogen-bond acceptors (Lipinski definition) is 1.